The maximum Gasteiger partial charge on any atom is 0.337 e. The number of rotatable bonds is 9. The fourth-order valence-corrected chi connectivity index (χ4v) is 4.38. The molecule has 0 aliphatic rings. The van der Waals surface area contributed by atoms with Gasteiger partial charge in [-0.1, -0.05) is 18.2 Å². The zero-order valence-electron chi connectivity index (χ0n) is 19.8. The molecule has 3 aromatic rings. The highest BCUT2D eigenvalue weighted by Gasteiger charge is 2.21. The van der Waals surface area contributed by atoms with E-state index in [0.717, 1.165) is 4.31 Å². The van der Waals surface area contributed by atoms with Gasteiger partial charge in [0, 0.05) is 12.7 Å². The Bertz CT molecular complexity index is 1320. The Morgan fingerprint density at radius 3 is 1.92 bits per heavy atom. The van der Waals surface area contributed by atoms with Crippen molar-refractivity contribution in [3.05, 3.63) is 83.9 Å². The normalized spacial score (nSPS) is 10.8. The lowest BCUT2D eigenvalue weighted by Gasteiger charge is -2.19. The molecule has 0 heterocycles. The average Bonchev–Trinajstić information content (AvgIpc) is 2.91. The zero-order valence-corrected chi connectivity index (χ0v) is 20.6. The summed E-state index contributed by atoms with van der Waals surface area (Å²) in [6, 6.07) is 18.2. The minimum atomic E-state index is -3.73. The van der Waals surface area contributed by atoms with Crippen molar-refractivity contribution < 1.29 is 37.0 Å². The molecule has 1 amide bonds. The summed E-state index contributed by atoms with van der Waals surface area (Å²) in [7, 11) is 0.103. The van der Waals surface area contributed by atoms with Crippen molar-refractivity contribution in [3.63, 3.8) is 0 Å². The molecule has 3 rings (SSSR count). The number of amides is 1. The number of nitrogens with one attached hydrogen (secondary N) is 1. The fraction of sp³-hybridized carbons (Fsp3) is 0.160. The summed E-state index contributed by atoms with van der Waals surface area (Å²) >= 11 is 0. The smallest absolute Gasteiger partial charge is 0.337 e. The van der Waals surface area contributed by atoms with E-state index in [1.807, 2.05) is 0 Å². The number of esters is 2. The van der Waals surface area contributed by atoms with Gasteiger partial charge in [-0.2, -0.15) is 0 Å². The number of anilines is 2. The molecule has 0 aromatic heterocycles. The second-order valence-electron chi connectivity index (χ2n) is 7.40. The average molecular weight is 513 g/mol. The molecular weight excluding hydrogens is 488 g/mol. The number of hydrogen-bond donors (Lipinski definition) is 1. The highest BCUT2D eigenvalue weighted by Crippen LogP contribution is 2.24. The lowest BCUT2D eigenvalue weighted by Crippen LogP contribution is -2.26. The highest BCUT2D eigenvalue weighted by atomic mass is 32.2. The van der Waals surface area contributed by atoms with Crippen LogP contribution in [-0.2, 0) is 24.3 Å². The number of methoxy groups -OCH3 is 2. The molecular formula is C25H24N2O8S. The number of nitrogens with zero attached hydrogens (tertiary/aromatic N) is 1. The summed E-state index contributed by atoms with van der Waals surface area (Å²) in [5, 5.41) is 2.55. The number of sulfonamides is 1. The number of ether oxygens (including phenoxy) is 3. The van der Waals surface area contributed by atoms with Crippen LogP contribution in [0.25, 0.3) is 0 Å². The third-order valence-electron chi connectivity index (χ3n) is 5.03. The van der Waals surface area contributed by atoms with Crippen LogP contribution in [0, 0.1) is 0 Å². The number of benzene rings is 3. The van der Waals surface area contributed by atoms with E-state index in [1.165, 1.54) is 63.7 Å². The summed E-state index contributed by atoms with van der Waals surface area (Å²) in [4.78, 5) is 36.3. The molecule has 0 unspecified atom stereocenters. The summed E-state index contributed by atoms with van der Waals surface area (Å²) in [6.45, 7) is -0.381. The molecule has 0 aliphatic heterocycles. The molecule has 0 radical (unpaired) electrons. The van der Waals surface area contributed by atoms with Gasteiger partial charge in [-0.05, 0) is 54.6 Å². The minimum absolute atomic E-state index is 0.0572. The fourth-order valence-electron chi connectivity index (χ4n) is 3.16. The van der Waals surface area contributed by atoms with Gasteiger partial charge in [0.05, 0.1) is 35.9 Å². The van der Waals surface area contributed by atoms with E-state index in [2.05, 4.69) is 14.8 Å². The van der Waals surface area contributed by atoms with E-state index in [-0.39, 0.29) is 28.3 Å². The summed E-state index contributed by atoms with van der Waals surface area (Å²) in [6.07, 6.45) is 0. The molecule has 0 aliphatic carbocycles. The van der Waals surface area contributed by atoms with Crippen molar-refractivity contribution in [1.29, 1.82) is 0 Å². The van der Waals surface area contributed by atoms with Crippen LogP contribution in [0.4, 0.5) is 11.4 Å². The van der Waals surface area contributed by atoms with Gasteiger partial charge in [0.15, 0.2) is 6.61 Å². The molecule has 188 valence electrons. The lowest BCUT2D eigenvalue weighted by molar-refractivity contribution is -0.118. The van der Waals surface area contributed by atoms with Gasteiger partial charge in [-0.3, -0.25) is 9.10 Å². The van der Waals surface area contributed by atoms with Gasteiger partial charge in [-0.25, -0.2) is 18.0 Å². The first kappa shape index (κ1) is 26.2. The van der Waals surface area contributed by atoms with Crippen LogP contribution in [0.2, 0.25) is 0 Å². The van der Waals surface area contributed by atoms with E-state index in [0.29, 0.717) is 11.4 Å². The third-order valence-corrected chi connectivity index (χ3v) is 6.83. The second-order valence-corrected chi connectivity index (χ2v) is 9.37. The van der Waals surface area contributed by atoms with Crippen molar-refractivity contribution in [2.75, 3.05) is 37.5 Å². The Balaban J connectivity index is 1.65. The van der Waals surface area contributed by atoms with Crippen molar-refractivity contribution >= 4 is 39.2 Å². The molecule has 0 spiro atoms. The van der Waals surface area contributed by atoms with Crippen LogP contribution in [0.1, 0.15) is 20.7 Å². The van der Waals surface area contributed by atoms with E-state index < -0.39 is 27.9 Å². The molecule has 0 saturated carbocycles. The van der Waals surface area contributed by atoms with E-state index in [9.17, 15) is 22.8 Å². The molecule has 1 N–H and O–H groups in total. The van der Waals surface area contributed by atoms with Gasteiger partial charge >= 0.3 is 11.9 Å². The summed E-state index contributed by atoms with van der Waals surface area (Å²) in [5.41, 5.74) is 0.698. The van der Waals surface area contributed by atoms with E-state index in [4.69, 9.17) is 4.74 Å². The molecule has 10 nitrogen and oxygen atoms in total. The molecule has 11 heteroatoms. The Hall–Kier alpha value is -4.38. The predicted molar refractivity (Wildman–Crippen MR) is 132 cm³/mol. The van der Waals surface area contributed by atoms with E-state index in [1.54, 1.807) is 30.3 Å². The lowest BCUT2D eigenvalue weighted by atomic mass is 10.1. The minimum Gasteiger partial charge on any atom is -0.484 e. The van der Waals surface area contributed by atoms with Crippen molar-refractivity contribution in [3.8, 4) is 5.75 Å². The monoisotopic (exact) mass is 512 g/mol. The largest absolute Gasteiger partial charge is 0.484 e. The number of hydrogen-bond acceptors (Lipinski definition) is 8. The first-order valence-electron chi connectivity index (χ1n) is 10.5. The van der Waals surface area contributed by atoms with Crippen LogP contribution in [0.5, 0.6) is 5.75 Å². The third kappa shape index (κ3) is 6.19. The Morgan fingerprint density at radius 2 is 1.39 bits per heavy atom. The van der Waals surface area contributed by atoms with E-state index >= 15 is 0 Å². The molecule has 3 aromatic carbocycles. The van der Waals surface area contributed by atoms with Crippen molar-refractivity contribution in [2.45, 2.75) is 4.90 Å². The van der Waals surface area contributed by atoms with Crippen LogP contribution in [-0.4, -0.2) is 54.1 Å². The Labute approximate surface area is 208 Å². The van der Waals surface area contributed by atoms with Crippen LogP contribution < -0.4 is 14.4 Å². The van der Waals surface area contributed by atoms with Gasteiger partial charge in [0.2, 0.25) is 0 Å². The van der Waals surface area contributed by atoms with Gasteiger partial charge in [0.1, 0.15) is 5.75 Å². The van der Waals surface area contributed by atoms with Crippen molar-refractivity contribution in [1.82, 2.24) is 0 Å². The molecule has 0 atom stereocenters. The Morgan fingerprint density at radius 1 is 0.833 bits per heavy atom. The first-order valence-corrected chi connectivity index (χ1v) is 12.0. The van der Waals surface area contributed by atoms with Gasteiger partial charge in [0.25, 0.3) is 15.9 Å². The van der Waals surface area contributed by atoms with Crippen LogP contribution >= 0.6 is 0 Å². The standard InChI is InChI=1S/C25H24N2O8S/c1-27(36(31,32)22-7-5-4-6-8-22)20-9-11-21(12-10-20)35-16-23(28)26-19-14-17(24(29)33-2)13-18(15-19)25(30)34-3/h4-15H,16H2,1-3H3,(H,26,28). The molecule has 0 fully saturated rings. The van der Waals surface area contributed by atoms with Crippen LogP contribution in [0.15, 0.2) is 77.7 Å². The Kier molecular flexibility index (Phi) is 8.28. The highest BCUT2D eigenvalue weighted by molar-refractivity contribution is 7.92. The maximum absolute atomic E-state index is 12.8. The zero-order chi connectivity index (χ0) is 26.3. The number of carbonyl (C=O) groups is 3. The maximum atomic E-state index is 12.8. The topological polar surface area (TPSA) is 128 Å². The summed E-state index contributed by atoms with van der Waals surface area (Å²) in [5.74, 6) is -1.60. The molecule has 0 bridgehead atoms. The summed E-state index contributed by atoms with van der Waals surface area (Å²) < 4.78 is 41.5. The molecule has 36 heavy (non-hydrogen) atoms. The predicted octanol–water partition coefficient (Wildman–Crippen LogP) is 3.10. The SMILES string of the molecule is COC(=O)c1cc(NC(=O)COc2ccc(N(C)S(=O)(=O)c3ccccc3)cc2)cc(C(=O)OC)c1. The van der Waals surface area contributed by atoms with Gasteiger partial charge < -0.3 is 19.5 Å². The second kappa shape index (κ2) is 11.4. The first-order chi connectivity index (χ1) is 17.1. The van der Waals surface area contributed by atoms with Gasteiger partial charge in [-0.15, -0.1) is 0 Å². The van der Waals surface area contributed by atoms with Crippen molar-refractivity contribution in [2.24, 2.45) is 0 Å². The number of carbonyl (C=O) groups excluding carboxylic acids is 3. The quantitative estimate of drug-likeness (QED) is 0.433. The van der Waals surface area contributed by atoms with Crippen LogP contribution in [0.3, 0.4) is 0 Å². The molecule has 0 saturated heterocycles.